The molecule has 3 heteroatoms. The first-order chi connectivity index (χ1) is 9.88. The van der Waals surface area contributed by atoms with E-state index in [1.54, 1.807) is 0 Å². The van der Waals surface area contributed by atoms with Crippen LogP contribution in [0.4, 0.5) is 0 Å². The van der Waals surface area contributed by atoms with Crippen molar-refractivity contribution >= 4 is 0 Å². The highest BCUT2D eigenvalue weighted by molar-refractivity contribution is 5.19. The molecule has 3 nitrogen and oxygen atoms in total. The van der Waals surface area contributed by atoms with Crippen LogP contribution in [0.15, 0.2) is 36.5 Å². The van der Waals surface area contributed by atoms with E-state index in [1.807, 2.05) is 10.7 Å². The summed E-state index contributed by atoms with van der Waals surface area (Å²) in [5, 5.41) is 8.47. The van der Waals surface area contributed by atoms with Gasteiger partial charge in [0, 0.05) is 19.2 Å². The van der Waals surface area contributed by atoms with E-state index in [0.717, 1.165) is 18.7 Å². The normalized spacial score (nSPS) is 10.8. The molecule has 0 bridgehead atoms. The summed E-state index contributed by atoms with van der Waals surface area (Å²) in [6.07, 6.45) is 10.9. The van der Waals surface area contributed by atoms with Crippen molar-refractivity contribution in [1.82, 2.24) is 15.0 Å². The molecule has 0 aliphatic rings. The highest BCUT2D eigenvalue weighted by Gasteiger charge is 2.02. The molecule has 0 radical (unpaired) electrons. The maximum atomic E-state index is 4.25. The minimum atomic E-state index is 0.872. The Kier molecular flexibility index (Phi) is 6.28. The Hall–Kier alpha value is -1.64. The van der Waals surface area contributed by atoms with Gasteiger partial charge < -0.3 is 0 Å². The average molecular weight is 271 g/mol. The molecule has 0 aliphatic heterocycles. The lowest BCUT2D eigenvalue weighted by Crippen LogP contribution is -1.98. The van der Waals surface area contributed by atoms with Gasteiger partial charge in [-0.2, -0.15) is 0 Å². The molecule has 0 unspecified atom stereocenters. The number of aromatic nitrogens is 3. The number of unbranched alkanes of at least 4 members (excludes halogenated alkanes) is 5. The van der Waals surface area contributed by atoms with E-state index in [0.29, 0.717) is 0 Å². The van der Waals surface area contributed by atoms with Crippen molar-refractivity contribution in [3.8, 4) is 0 Å². The fourth-order valence-corrected chi connectivity index (χ4v) is 2.39. The minimum absolute atomic E-state index is 0.872. The number of benzene rings is 1. The number of rotatable bonds is 9. The summed E-state index contributed by atoms with van der Waals surface area (Å²) < 4.78 is 1.98. The monoisotopic (exact) mass is 271 g/mol. The summed E-state index contributed by atoms with van der Waals surface area (Å²) in [5.74, 6) is 0. The van der Waals surface area contributed by atoms with E-state index in [9.17, 15) is 0 Å². The SMILES string of the molecule is CCCCCCCCn1cc(Cc2ccccc2)nn1. The molecule has 0 aliphatic carbocycles. The second-order valence-electron chi connectivity index (χ2n) is 5.40. The van der Waals surface area contributed by atoms with Crippen molar-refractivity contribution in [3.63, 3.8) is 0 Å². The van der Waals surface area contributed by atoms with Crippen molar-refractivity contribution < 1.29 is 0 Å². The second kappa shape index (κ2) is 8.51. The molecule has 1 aromatic carbocycles. The van der Waals surface area contributed by atoms with Gasteiger partial charge in [0.05, 0.1) is 5.69 Å². The smallest absolute Gasteiger partial charge is 0.0870 e. The fraction of sp³-hybridized carbons (Fsp3) is 0.529. The average Bonchev–Trinajstić information content (AvgIpc) is 2.91. The largest absolute Gasteiger partial charge is 0.252 e. The van der Waals surface area contributed by atoms with Gasteiger partial charge in [-0.15, -0.1) is 5.10 Å². The van der Waals surface area contributed by atoms with Crippen molar-refractivity contribution in [3.05, 3.63) is 47.8 Å². The first-order valence-electron chi connectivity index (χ1n) is 7.81. The van der Waals surface area contributed by atoms with Crippen LogP contribution >= 0.6 is 0 Å². The first-order valence-corrected chi connectivity index (χ1v) is 7.81. The van der Waals surface area contributed by atoms with Crippen molar-refractivity contribution in [2.24, 2.45) is 0 Å². The van der Waals surface area contributed by atoms with Crippen LogP contribution in [-0.4, -0.2) is 15.0 Å². The van der Waals surface area contributed by atoms with Crippen LogP contribution in [0.3, 0.4) is 0 Å². The second-order valence-corrected chi connectivity index (χ2v) is 5.40. The van der Waals surface area contributed by atoms with Gasteiger partial charge in [0.25, 0.3) is 0 Å². The van der Waals surface area contributed by atoms with E-state index in [2.05, 4.69) is 47.7 Å². The summed E-state index contributed by atoms with van der Waals surface area (Å²) in [5.41, 5.74) is 2.35. The van der Waals surface area contributed by atoms with E-state index < -0.39 is 0 Å². The van der Waals surface area contributed by atoms with Crippen LogP contribution in [0.2, 0.25) is 0 Å². The third-order valence-electron chi connectivity index (χ3n) is 3.55. The van der Waals surface area contributed by atoms with Crippen molar-refractivity contribution in [2.75, 3.05) is 0 Å². The highest BCUT2D eigenvalue weighted by Crippen LogP contribution is 2.08. The maximum Gasteiger partial charge on any atom is 0.0870 e. The summed E-state index contributed by atoms with van der Waals surface area (Å²) in [4.78, 5) is 0. The molecule has 0 saturated carbocycles. The molecule has 0 spiro atoms. The summed E-state index contributed by atoms with van der Waals surface area (Å²) in [6.45, 7) is 3.25. The zero-order chi connectivity index (χ0) is 14.0. The molecule has 0 saturated heterocycles. The van der Waals surface area contributed by atoms with Gasteiger partial charge in [-0.25, -0.2) is 0 Å². The van der Waals surface area contributed by atoms with Gasteiger partial charge in [-0.3, -0.25) is 4.68 Å². The molecule has 2 aromatic rings. The van der Waals surface area contributed by atoms with Crippen LogP contribution in [0, 0.1) is 0 Å². The molecule has 0 atom stereocenters. The molecule has 1 aromatic heterocycles. The number of aryl methyl sites for hydroxylation is 1. The number of hydrogen-bond acceptors (Lipinski definition) is 2. The summed E-state index contributed by atoms with van der Waals surface area (Å²) >= 11 is 0. The predicted octanol–water partition coefficient (Wildman–Crippen LogP) is 4.23. The predicted molar refractivity (Wildman–Crippen MR) is 82.6 cm³/mol. The third-order valence-corrected chi connectivity index (χ3v) is 3.55. The number of hydrogen-bond donors (Lipinski definition) is 0. The third kappa shape index (κ3) is 5.16. The molecule has 20 heavy (non-hydrogen) atoms. The van der Waals surface area contributed by atoms with E-state index in [4.69, 9.17) is 0 Å². The first kappa shape index (κ1) is 14.8. The highest BCUT2D eigenvalue weighted by atomic mass is 15.4. The summed E-state index contributed by atoms with van der Waals surface area (Å²) in [7, 11) is 0. The Morgan fingerprint density at radius 1 is 0.950 bits per heavy atom. The molecular weight excluding hydrogens is 246 g/mol. The van der Waals surface area contributed by atoms with Crippen LogP contribution in [0.25, 0.3) is 0 Å². The lowest BCUT2D eigenvalue weighted by molar-refractivity contribution is 0.516. The van der Waals surface area contributed by atoms with Crippen LogP contribution in [0.1, 0.15) is 56.7 Å². The molecule has 0 fully saturated rings. The zero-order valence-corrected chi connectivity index (χ0v) is 12.5. The van der Waals surface area contributed by atoms with E-state index in [1.165, 1.54) is 44.1 Å². The Bertz CT molecular complexity index is 476. The lowest BCUT2D eigenvalue weighted by Gasteiger charge is -2.00. The molecular formula is C17H25N3. The topological polar surface area (TPSA) is 30.7 Å². The van der Waals surface area contributed by atoms with Gasteiger partial charge in [0.15, 0.2) is 0 Å². The Morgan fingerprint density at radius 3 is 2.50 bits per heavy atom. The quantitative estimate of drug-likeness (QED) is 0.639. The van der Waals surface area contributed by atoms with E-state index in [-0.39, 0.29) is 0 Å². The zero-order valence-electron chi connectivity index (χ0n) is 12.5. The standard InChI is InChI=1S/C17H25N3/c1-2-3-4-5-6-10-13-20-15-17(18-19-20)14-16-11-8-7-9-12-16/h7-9,11-12,15H,2-6,10,13-14H2,1H3. The van der Waals surface area contributed by atoms with Crippen molar-refractivity contribution in [1.29, 1.82) is 0 Å². The molecule has 2 rings (SSSR count). The van der Waals surface area contributed by atoms with Gasteiger partial charge in [-0.05, 0) is 12.0 Å². The fourth-order valence-electron chi connectivity index (χ4n) is 2.39. The van der Waals surface area contributed by atoms with Gasteiger partial charge in [0.1, 0.15) is 0 Å². The molecule has 1 heterocycles. The lowest BCUT2D eigenvalue weighted by atomic mass is 10.1. The van der Waals surface area contributed by atoms with E-state index >= 15 is 0 Å². The van der Waals surface area contributed by atoms with Crippen LogP contribution < -0.4 is 0 Å². The molecule has 0 N–H and O–H groups in total. The van der Waals surface area contributed by atoms with Crippen LogP contribution in [-0.2, 0) is 13.0 Å². The van der Waals surface area contributed by atoms with Gasteiger partial charge >= 0.3 is 0 Å². The Morgan fingerprint density at radius 2 is 1.70 bits per heavy atom. The molecule has 0 amide bonds. The maximum absolute atomic E-state index is 4.25. The van der Waals surface area contributed by atoms with Gasteiger partial charge in [-0.1, -0.05) is 74.6 Å². The summed E-state index contributed by atoms with van der Waals surface area (Å²) in [6, 6.07) is 10.4. The van der Waals surface area contributed by atoms with Crippen LogP contribution in [0.5, 0.6) is 0 Å². The molecule has 108 valence electrons. The number of nitrogens with zero attached hydrogens (tertiary/aromatic N) is 3. The Labute approximate surface area is 122 Å². The Balaban J connectivity index is 1.70. The van der Waals surface area contributed by atoms with Gasteiger partial charge in [0.2, 0.25) is 0 Å². The minimum Gasteiger partial charge on any atom is -0.252 e. The van der Waals surface area contributed by atoms with Crippen molar-refractivity contribution in [2.45, 2.75) is 58.4 Å².